The Morgan fingerprint density at radius 2 is 1.90 bits per heavy atom. The summed E-state index contributed by atoms with van der Waals surface area (Å²) in [6.45, 7) is 3.95. The molecule has 0 aliphatic heterocycles. The van der Waals surface area contributed by atoms with Gasteiger partial charge < -0.3 is 11.1 Å². The van der Waals surface area contributed by atoms with Crippen molar-refractivity contribution >= 4 is 17.3 Å². The van der Waals surface area contributed by atoms with Crippen molar-refractivity contribution in [3.8, 4) is 0 Å². The maximum atomic E-state index is 12.2. The van der Waals surface area contributed by atoms with Crippen LogP contribution in [-0.2, 0) is 0 Å². The summed E-state index contributed by atoms with van der Waals surface area (Å²) in [4.78, 5) is 0. The normalized spacial score (nSPS) is 14.9. The molecule has 0 amide bonds. The van der Waals surface area contributed by atoms with E-state index < -0.39 is 18.1 Å². The number of hydrogen-bond donors (Lipinski definition) is 2. The molecule has 0 aromatic heterocycles. The molecular formula is C14H20ClF3N2. The Kier molecular flexibility index (Phi) is 5.71. The molecular weight excluding hydrogens is 289 g/mol. The monoisotopic (exact) mass is 308 g/mol. The molecule has 6 heteroatoms. The highest BCUT2D eigenvalue weighted by molar-refractivity contribution is 6.31. The molecule has 3 N–H and O–H groups in total. The van der Waals surface area contributed by atoms with E-state index in [1.165, 1.54) is 0 Å². The topological polar surface area (TPSA) is 38.0 Å². The third-order valence-corrected chi connectivity index (χ3v) is 3.66. The summed E-state index contributed by atoms with van der Waals surface area (Å²) in [5.41, 5.74) is 6.83. The van der Waals surface area contributed by atoms with Crippen LogP contribution in [0.3, 0.4) is 0 Å². The number of nitrogens with two attached hydrogens (primary N) is 1. The SMILES string of the molecule is Cc1ccc(NC(C)(CN)CCCC(F)(F)F)cc1Cl. The van der Waals surface area contributed by atoms with Crippen LogP contribution >= 0.6 is 11.6 Å². The van der Waals surface area contributed by atoms with E-state index in [1.54, 1.807) is 6.07 Å². The Balaban J connectivity index is 2.66. The minimum atomic E-state index is -4.12. The van der Waals surface area contributed by atoms with Crippen molar-refractivity contribution in [2.24, 2.45) is 5.73 Å². The van der Waals surface area contributed by atoms with Gasteiger partial charge in [-0.05, 0) is 44.4 Å². The zero-order valence-corrected chi connectivity index (χ0v) is 12.4. The molecule has 1 atom stereocenters. The maximum Gasteiger partial charge on any atom is 0.389 e. The smallest absolute Gasteiger partial charge is 0.379 e. The molecule has 0 heterocycles. The predicted molar refractivity (Wildman–Crippen MR) is 77.2 cm³/mol. The van der Waals surface area contributed by atoms with Gasteiger partial charge in [-0.3, -0.25) is 0 Å². The minimum Gasteiger partial charge on any atom is -0.379 e. The third kappa shape index (κ3) is 5.59. The highest BCUT2D eigenvalue weighted by Crippen LogP contribution is 2.28. The fraction of sp³-hybridized carbons (Fsp3) is 0.571. The van der Waals surface area contributed by atoms with Crippen LogP contribution in [0.25, 0.3) is 0 Å². The second-order valence-corrected chi connectivity index (χ2v) is 5.73. The van der Waals surface area contributed by atoms with Crippen molar-refractivity contribution in [3.63, 3.8) is 0 Å². The highest BCUT2D eigenvalue weighted by Gasteiger charge is 2.29. The molecule has 0 saturated heterocycles. The average Bonchev–Trinajstić information content (AvgIpc) is 2.32. The number of alkyl halides is 3. The molecule has 0 aliphatic carbocycles. The molecule has 1 rings (SSSR count). The Hall–Kier alpha value is -0.940. The van der Waals surface area contributed by atoms with Gasteiger partial charge in [-0.15, -0.1) is 0 Å². The molecule has 1 aromatic carbocycles. The van der Waals surface area contributed by atoms with Gasteiger partial charge in [0.2, 0.25) is 0 Å². The number of anilines is 1. The van der Waals surface area contributed by atoms with Crippen molar-refractivity contribution in [1.29, 1.82) is 0 Å². The van der Waals surface area contributed by atoms with E-state index in [2.05, 4.69) is 5.32 Å². The van der Waals surface area contributed by atoms with Crippen molar-refractivity contribution in [1.82, 2.24) is 0 Å². The summed E-state index contributed by atoms with van der Waals surface area (Å²) in [7, 11) is 0. The molecule has 20 heavy (non-hydrogen) atoms. The van der Waals surface area contributed by atoms with Gasteiger partial charge in [-0.1, -0.05) is 17.7 Å². The molecule has 114 valence electrons. The summed E-state index contributed by atoms with van der Waals surface area (Å²) in [6, 6.07) is 5.46. The van der Waals surface area contributed by atoms with Crippen molar-refractivity contribution in [2.75, 3.05) is 11.9 Å². The van der Waals surface area contributed by atoms with E-state index in [-0.39, 0.29) is 13.0 Å². The van der Waals surface area contributed by atoms with Crippen molar-refractivity contribution < 1.29 is 13.2 Å². The van der Waals surface area contributed by atoms with Gasteiger partial charge in [0, 0.05) is 29.2 Å². The lowest BCUT2D eigenvalue weighted by atomic mass is 9.94. The lowest BCUT2D eigenvalue weighted by Gasteiger charge is -2.31. The van der Waals surface area contributed by atoms with Crippen LogP contribution in [0, 0.1) is 6.92 Å². The Morgan fingerprint density at radius 1 is 1.25 bits per heavy atom. The van der Waals surface area contributed by atoms with Crippen LogP contribution in [0.1, 0.15) is 31.7 Å². The van der Waals surface area contributed by atoms with Crippen LogP contribution in [0.15, 0.2) is 18.2 Å². The molecule has 0 saturated carbocycles. The average molecular weight is 309 g/mol. The zero-order valence-electron chi connectivity index (χ0n) is 11.6. The summed E-state index contributed by atoms with van der Waals surface area (Å²) in [5, 5.41) is 3.80. The van der Waals surface area contributed by atoms with Gasteiger partial charge in [0.1, 0.15) is 0 Å². The quantitative estimate of drug-likeness (QED) is 0.811. The largest absolute Gasteiger partial charge is 0.389 e. The Labute approximate surface area is 122 Å². The number of aryl methyl sites for hydroxylation is 1. The molecule has 2 nitrogen and oxygen atoms in total. The molecule has 1 aromatic rings. The highest BCUT2D eigenvalue weighted by atomic mass is 35.5. The van der Waals surface area contributed by atoms with Crippen molar-refractivity contribution in [2.45, 2.75) is 44.8 Å². The number of halogens is 4. The molecule has 0 spiro atoms. The van der Waals surface area contributed by atoms with Gasteiger partial charge >= 0.3 is 6.18 Å². The summed E-state index contributed by atoms with van der Waals surface area (Å²) in [6.07, 6.45) is -4.53. The number of nitrogens with one attached hydrogen (secondary N) is 1. The van der Waals surface area contributed by atoms with Crippen LogP contribution in [0.2, 0.25) is 5.02 Å². The first kappa shape index (κ1) is 17.1. The lowest BCUT2D eigenvalue weighted by Crippen LogP contribution is -2.42. The van der Waals surface area contributed by atoms with E-state index in [0.717, 1.165) is 11.3 Å². The van der Waals surface area contributed by atoms with E-state index in [0.29, 0.717) is 11.4 Å². The van der Waals surface area contributed by atoms with Gasteiger partial charge in [-0.2, -0.15) is 13.2 Å². The van der Waals surface area contributed by atoms with Gasteiger partial charge in [0.15, 0.2) is 0 Å². The van der Waals surface area contributed by atoms with Gasteiger partial charge in [0.25, 0.3) is 0 Å². The van der Waals surface area contributed by atoms with E-state index in [1.807, 2.05) is 26.0 Å². The Bertz CT molecular complexity index is 449. The third-order valence-electron chi connectivity index (χ3n) is 3.26. The Morgan fingerprint density at radius 3 is 2.40 bits per heavy atom. The fourth-order valence-corrected chi connectivity index (χ4v) is 2.09. The predicted octanol–water partition coefficient (Wildman–Crippen LogP) is 4.51. The summed E-state index contributed by atoms with van der Waals surface area (Å²) < 4.78 is 36.6. The first-order valence-corrected chi connectivity index (χ1v) is 6.84. The van der Waals surface area contributed by atoms with Crippen LogP contribution in [0.5, 0.6) is 0 Å². The van der Waals surface area contributed by atoms with Crippen LogP contribution < -0.4 is 11.1 Å². The van der Waals surface area contributed by atoms with E-state index >= 15 is 0 Å². The van der Waals surface area contributed by atoms with Gasteiger partial charge in [-0.25, -0.2) is 0 Å². The first-order valence-electron chi connectivity index (χ1n) is 6.46. The first-order chi connectivity index (χ1) is 9.15. The van der Waals surface area contributed by atoms with Gasteiger partial charge in [0.05, 0.1) is 0 Å². The number of benzene rings is 1. The van der Waals surface area contributed by atoms with Crippen molar-refractivity contribution in [3.05, 3.63) is 28.8 Å². The molecule has 0 bridgehead atoms. The zero-order chi connectivity index (χ0) is 15.4. The molecule has 0 aliphatic rings. The number of rotatable bonds is 6. The second kappa shape index (κ2) is 6.68. The summed E-state index contributed by atoms with van der Waals surface area (Å²) >= 11 is 6.03. The standard InChI is InChI=1S/C14H20ClF3N2/c1-10-4-5-11(8-12(10)15)20-13(2,9-19)6-3-7-14(16,17)18/h4-5,8,20H,3,6-7,9,19H2,1-2H3. The maximum absolute atomic E-state index is 12.2. The second-order valence-electron chi connectivity index (χ2n) is 5.32. The van der Waals surface area contributed by atoms with Crippen LogP contribution in [-0.4, -0.2) is 18.3 Å². The molecule has 1 unspecified atom stereocenters. The van der Waals surface area contributed by atoms with E-state index in [4.69, 9.17) is 17.3 Å². The molecule has 0 radical (unpaired) electrons. The lowest BCUT2D eigenvalue weighted by molar-refractivity contribution is -0.136. The fourth-order valence-electron chi connectivity index (χ4n) is 1.91. The van der Waals surface area contributed by atoms with Crippen LogP contribution in [0.4, 0.5) is 18.9 Å². The number of hydrogen-bond acceptors (Lipinski definition) is 2. The minimum absolute atomic E-state index is 0.0454. The molecule has 0 fully saturated rings. The van der Waals surface area contributed by atoms with E-state index in [9.17, 15) is 13.2 Å². The summed E-state index contributed by atoms with van der Waals surface area (Å²) in [5.74, 6) is 0.